The topological polar surface area (TPSA) is 56.8 Å². The minimum Gasteiger partial charge on any atom is -0.373 e. The Bertz CT molecular complexity index is 577. The Hall–Kier alpha value is -1.88. The number of rotatable bonds is 4. The average molecular weight is 271 g/mol. The molecule has 2 N–H and O–H groups in total. The van der Waals surface area contributed by atoms with Crippen molar-refractivity contribution in [2.24, 2.45) is 0 Å². The predicted octanol–water partition coefficient (Wildman–Crippen LogP) is 2.14. The fraction of sp³-hybridized carbons (Fsp3) is 0.467. The first-order chi connectivity index (χ1) is 9.78. The lowest BCUT2D eigenvalue weighted by molar-refractivity contribution is 0.326. The first kappa shape index (κ1) is 13.1. The Kier molecular flexibility index (Phi) is 3.69. The molecule has 1 saturated heterocycles. The fourth-order valence-electron chi connectivity index (χ4n) is 3.01. The molecule has 0 unspecified atom stereocenters. The van der Waals surface area contributed by atoms with Gasteiger partial charge in [-0.1, -0.05) is 6.07 Å². The van der Waals surface area contributed by atoms with Gasteiger partial charge in [0.05, 0.1) is 6.20 Å². The SMILES string of the molecule is CNc1ncccc1CN1CC[C@@H](c2[nH]ncc2C)C1. The van der Waals surface area contributed by atoms with Crippen molar-refractivity contribution in [3.63, 3.8) is 0 Å². The van der Waals surface area contributed by atoms with Crippen LogP contribution in [-0.4, -0.2) is 40.2 Å². The maximum Gasteiger partial charge on any atom is 0.130 e. The number of H-pyrrole nitrogens is 1. The number of hydrogen-bond acceptors (Lipinski definition) is 4. The van der Waals surface area contributed by atoms with Crippen LogP contribution in [0, 0.1) is 6.92 Å². The van der Waals surface area contributed by atoms with Gasteiger partial charge in [-0.05, 0) is 31.5 Å². The van der Waals surface area contributed by atoms with Gasteiger partial charge in [0.25, 0.3) is 0 Å². The van der Waals surface area contributed by atoms with E-state index in [2.05, 4.69) is 38.4 Å². The van der Waals surface area contributed by atoms with Crippen molar-refractivity contribution in [2.75, 3.05) is 25.5 Å². The highest BCUT2D eigenvalue weighted by Gasteiger charge is 2.26. The first-order valence-electron chi connectivity index (χ1n) is 7.12. The van der Waals surface area contributed by atoms with Gasteiger partial charge in [0, 0.05) is 43.5 Å². The van der Waals surface area contributed by atoms with Crippen molar-refractivity contribution < 1.29 is 0 Å². The molecule has 3 rings (SSSR count). The van der Waals surface area contributed by atoms with E-state index >= 15 is 0 Å². The number of hydrogen-bond donors (Lipinski definition) is 2. The molecular weight excluding hydrogens is 250 g/mol. The Morgan fingerprint density at radius 3 is 3.15 bits per heavy atom. The van der Waals surface area contributed by atoms with Gasteiger partial charge >= 0.3 is 0 Å². The van der Waals surface area contributed by atoms with E-state index in [0.29, 0.717) is 5.92 Å². The van der Waals surface area contributed by atoms with Crippen LogP contribution >= 0.6 is 0 Å². The molecule has 1 aliphatic rings. The summed E-state index contributed by atoms with van der Waals surface area (Å²) in [6.07, 6.45) is 4.94. The minimum absolute atomic E-state index is 0.576. The van der Waals surface area contributed by atoms with Gasteiger partial charge in [0.1, 0.15) is 5.82 Å². The summed E-state index contributed by atoms with van der Waals surface area (Å²) in [4.78, 5) is 6.86. The van der Waals surface area contributed by atoms with Gasteiger partial charge in [-0.3, -0.25) is 10.00 Å². The summed E-state index contributed by atoms with van der Waals surface area (Å²) in [5, 5.41) is 10.5. The molecule has 0 aliphatic carbocycles. The second kappa shape index (κ2) is 5.63. The van der Waals surface area contributed by atoms with Crippen molar-refractivity contribution in [3.05, 3.63) is 41.3 Å². The van der Waals surface area contributed by atoms with Crippen molar-refractivity contribution in [3.8, 4) is 0 Å². The van der Waals surface area contributed by atoms with E-state index in [1.54, 1.807) is 0 Å². The lowest BCUT2D eigenvalue weighted by atomic mass is 10.0. The van der Waals surface area contributed by atoms with Crippen LogP contribution in [0.3, 0.4) is 0 Å². The van der Waals surface area contributed by atoms with Crippen LogP contribution in [0.15, 0.2) is 24.5 Å². The number of aryl methyl sites for hydroxylation is 1. The minimum atomic E-state index is 0.576. The second-order valence-corrected chi connectivity index (χ2v) is 5.45. The number of nitrogens with zero attached hydrogens (tertiary/aromatic N) is 3. The van der Waals surface area contributed by atoms with Gasteiger partial charge in [-0.25, -0.2) is 4.98 Å². The fourth-order valence-corrected chi connectivity index (χ4v) is 3.01. The van der Waals surface area contributed by atoms with Crippen molar-refractivity contribution in [1.82, 2.24) is 20.1 Å². The van der Waals surface area contributed by atoms with E-state index in [0.717, 1.165) is 25.5 Å². The highest BCUT2D eigenvalue weighted by Crippen LogP contribution is 2.29. The largest absolute Gasteiger partial charge is 0.373 e. The standard InChI is InChI=1S/C15H21N5/c1-11-8-18-19-14(11)12-5-7-20(9-12)10-13-4-3-6-17-15(13)16-2/h3-4,6,8,12H,5,7,9-10H2,1-2H3,(H,16,17)(H,18,19)/t12-/m1/s1. The Morgan fingerprint density at radius 2 is 2.40 bits per heavy atom. The number of aromatic amines is 1. The summed E-state index contributed by atoms with van der Waals surface area (Å²) in [6, 6.07) is 4.15. The number of aromatic nitrogens is 3. The van der Waals surface area contributed by atoms with Crippen LogP contribution in [0.1, 0.15) is 29.2 Å². The summed E-state index contributed by atoms with van der Waals surface area (Å²) in [6.45, 7) is 5.29. The molecule has 0 bridgehead atoms. The van der Waals surface area contributed by atoms with E-state index in [9.17, 15) is 0 Å². The lowest BCUT2D eigenvalue weighted by Crippen LogP contribution is -2.20. The molecule has 0 spiro atoms. The van der Waals surface area contributed by atoms with Crippen LogP contribution in [0.5, 0.6) is 0 Å². The van der Waals surface area contributed by atoms with E-state index in [1.807, 2.05) is 25.5 Å². The molecule has 1 atom stereocenters. The molecule has 3 heterocycles. The molecule has 5 nitrogen and oxygen atoms in total. The molecule has 2 aromatic rings. The lowest BCUT2D eigenvalue weighted by Gasteiger charge is -2.17. The zero-order valence-electron chi connectivity index (χ0n) is 12.1. The Labute approximate surface area is 119 Å². The molecule has 0 amide bonds. The third-order valence-corrected chi connectivity index (χ3v) is 4.07. The molecule has 5 heteroatoms. The first-order valence-corrected chi connectivity index (χ1v) is 7.12. The zero-order chi connectivity index (χ0) is 13.9. The number of anilines is 1. The van der Waals surface area contributed by atoms with E-state index in [4.69, 9.17) is 0 Å². The van der Waals surface area contributed by atoms with Gasteiger partial charge in [-0.15, -0.1) is 0 Å². The number of nitrogens with one attached hydrogen (secondary N) is 2. The monoisotopic (exact) mass is 271 g/mol. The third-order valence-electron chi connectivity index (χ3n) is 4.07. The van der Waals surface area contributed by atoms with E-state index < -0.39 is 0 Å². The van der Waals surface area contributed by atoms with E-state index in [1.165, 1.54) is 23.2 Å². The highest BCUT2D eigenvalue weighted by atomic mass is 15.2. The average Bonchev–Trinajstić information content (AvgIpc) is 3.08. The van der Waals surface area contributed by atoms with Gasteiger partial charge in [-0.2, -0.15) is 5.10 Å². The molecule has 0 saturated carbocycles. The highest BCUT2D eigenvalue weighted by molar-refractivity contribution is 5.42. The zero-order valence-corrected chi connectivity index (χ0v) is 12.1. The summed E-state index contributed by atoms with van der Waals surface area (Å²) in [7, 11) is 1.92. The van der Waals surface area contributed by atoms with Crippen LogP contribution in [0.2, 0.25) is 0 Å². The maximum atomic E-state index is 4.37. The number of likely N-dealkylation sites (tertiary alicyclic amines) is 1. The molecule has 1 aliphatic heterocycles. The van der Waals surface area contributed by atoms with Crippen molar-refractivity contribution in [1.29, 1.82) is 0 Å². The normalized spacial score (nSPS) is 19.4. The molecule has 1 fully saturated rings. The quantitative estimate of drug-likeness (QED) is 0.894. The second-order valence-electron chi connectivity index (χ2n) is 5.45. The van der Waals surface area contributed by atoms with Gasteiger partial charge in [0.15, 0.2) is 0 Å². The third kappa shape index (κ3) is 2.54. The molecule has 106 valence electrons. The molecule has 0 aromatic carbocycles. The predicted molar refractivity (Wildman–Crippen MR) is 79.7 cm³/mol. The number of pyridine rings is 1. The Balaban J connectivity index is 1.67. The molecule has 2 aromatic heterocycles. The van der Waals surface area contributed by atoms with Gasteiger partial charge in [0.2, 0.25) is 0 Å². The molecule has 0 radical (unpaired) electrons. The van der Waals surface area contributed by atoms with Crippen LogP contribution in [-0.2, 0) is 6.54 Å². The van der Waals surface area contributed by atoms with E-state index in [-0.39, 0.29) is 0 Å². The van der Waals surface area contributed by atoms with Crippen molar-refractivity contribution >= 4 is 5.82 Å². The van der Waals surface area contributed by atoms with Crippen LogP contribution < -0.4 is 5.32 Å². The smallest absolute Gasteiger partial charge is 0.130 e. The maximum absolute atomic E-state index is 4.37. The molecular formula is C15H21N5. The summed E-state index contributed by atoms with van der Waals surface area (Å²) >= 11 is 0. The van der Waals surface area contributed by atoms with Crippen LogP contribution in [0.4, 0.5) is 5.82 Å². The summed E-state index contributed by atoms with van der Waals surface area (Å²) < 4.78 is 0. The van der Waals surface area contributed by atoms with Crippen LogP contribution in [0.25, 0.3) is 0 Å². The molecule has 20 heavy (non-hydrogen) atoms. The van der Waals surface area contributed by atoms with Crippen molar-refractivity contribution in [2.45, 2.75) is 25.8 Å². The summed E-state index contributed by atoms with van der Waals surface area (Å²) in [5.41, 5.74) is 3.83. The summed E-state index contributed by atoms with van der Waals surface area (Å²) in [5.74, 6) is 1.56. The van der Waals surface area contributed by atoms with Gasteiger partial charge < -0.3 is 5.32 Å². The Morgan fingerprint density at radius 1 is 1.50 bits per heavy atom.